The summed E-state index contributed by atoms with van der Waals surface area (Å²) >= 11 is 1.48. The first kappa shape index (κ1) is 28.8. The highest BCUT2D eigenvalue weighted by Gasteiger charge is 2.14. The van der Waals surface area contributed by atoms with Crippen LogP contribution in [0.25, 0.3) is 17.0 Å². The number of nitrogens with one attached hydrogen (secondary N) is 1. The van der Waals surface area contributed by atoms with Crippen molar-refractivity contribution in [2.45, 2.75) is 25.8 Å². The third-order valence-electron chi connectivity index (χ3n) is 6.70. The van der Waals surface area contributed by atoms with Crippen molar-refractivity contribution < 1.29 is 9.21 Å². The number of hydrogen-bond acceptors (Lipinski definition) is 6. The van der Waals surface area contributed by atoms with Crippen molar-refractivity contribution in [3.05, 3.63) is 149 Å². The Morgan fingerprint density at radius 2 is 1.50 bits per heavy atom. The van der Waals surface area contributed by atoms with Gasteiger partial charge in [0.2, 0.25) is 11.8 Å². The molecule has 0 fully saturated rings. The number of carbonyl (C=O) groups excluding carboxylic acids is 1. The molecule has 6 rings (SSSR count). The molecule has 1 amide bonds. The number of carbonyl (C=O) groups is 1. The van der Waals surface area contributed by atoms with Crippen LogP contribution in [0.2, 0.25) is 0 Å². The summed E-state index contributed by atoms with van der Waals surface area (Å²) in [5, 5.41) is 13.2. The van der Waals surface area contributed by atoms with Crippen molar-refractivity contribution in [3.8, 4) is 11.5 Å². The van der Waals surface area contributed by atoms with Crippen LogP contribution in [-0.2, 0) is 13.0 Å². The molecule has 0 unspecified atom stereocenters. The molecular formula is C35H34N4O2S. The van der Waals surface area contributed by atoms with Crippen LogP contribution < -0.4 is 5.32 Å². The smallest absolute Gasteiger partial charge is 0.261 e. The molecular weight excluding hydrogens is 540 g/mol. The summed E-state index contributed by atoms with van der Waals surface area (Å²) in [5.41, 5.74) is 4.56. The van der Waals surface area contributed by atoms with Crippen LogP contribution in [0.1, 0.15) is 39.5 Å². The minimum absolute atomic E-state index is 0.0460. The van der Waals surface area contributed by atoms with E-state index in [1.807, 2.05) is 66.1 Å². The molecule has 0 saturated carbocycles. The van der Waals surface area contributed by atoms with Crippen molar-refractivity contribution >= 4 is 22.8 Å². The number of hydrogen-bond donors (Lipinski definition) is 1. The number of allylic oxidation sites excluding steroid dienone is 2. The highest BCUT2D eigenvalue weighted by atomic mass is 32.1. The molecule has 0 spiro atoms. The van der Waals surface area contributed by atoms with E-state index < -0.39 is 0 Å². The number of nitrogens with zero attached hydrogens (tertiary/aromatic N) is 3. The molecule has 1 N–H and O–H groups in total. The van der Waals surface area contributed by atoms with Crippen molar-refractivity contribution in [2.24, 2.45) is 0 Å². The first-order valence-corrected chi connectivity index (χ1v) is 15.0. The monoisotopic (exact) mass is 574 g/mol. The summed E-state index contributed by atoms with van der Waals surface area (Å²) < 4.78 is 5.80. The number of aryl methyl sites for hydroxylation is 1. The topological polar surface area (TPSA) is 71.3 Å². The SMILES string of the molecule is C1=CN(Cc2ccccc2)CC=C1c1nnc(-c2ccccc2)o1.O=C(NCCCCc1ccccc1)c1cccs1. The minimum atomic E-state index is 0.0460. The number of rotatable bonds is 10. The molecule has 0 bridgehead atoms. The summed E-state index contributed by atoms with van der Waals surface area (Å²) in [7, 11) is 0. The Morgan fingerprint density at radius 1 is 0.810 bits per heavy atom. The molecule has 0 saturated heterocycles. The number of unbranched alkanes of at least 4 members (excludes halogenated alkanes) is 1. The molecule has 6 nitrogen and oxygen atoms in total. The van der Waals surface area contributed by atoms with Crippen molar-refractivity contribution in [3.63, 3.8) is 0 Å². The van der Waals surface area contributed by atoms with E-state index in [-0.39, 0.29) is 5.91 Å². The first-order chi connectivity index (χ1) is 20.7. The van der Waals surface area contributed by atoms with E-state index in [2.05, 4.69) is 81.2 Å². The van der Waals surface area contributed by atoms with Gasteiger partial charge in [0.1, 0.15) is 0 Å². The fourth-order valence-electron chi connectivity index (χ4n) is 4.46. The summed E-state index contributed by atoms with van der Waals surface area (Å²) in [6.07, 6.45) is 9.42. The molecule has 1 aliphatic heterocycles. The van der Waals surface area contributed by atoms with Gasteiger partial charge in [-0.3, -0.25) is 4.79 Å². The van der Waals surface area contributed by atoms with Gasteiger partial charge in [-0.25, -0.2) is 0 Å². The number of amides is 1. The Balaban J connectivity index is 0.000000176. The van der Waals surface area contributed by atoms with Crippen LogP contribution in [0.15, 0.2) is 131 Å². The van der Waals surface area contributed by atoms with E-state index >= 15 is 0 Å². The minimum Gasteiger partial charge on any atom is -0.416 e. The second-order valence-electron chi connectivity index (χ2n) is 9.84. The molecule has 1 aliphatic rings. The van der Waals surface area contributed by atoms with Crippen LogP contribution in [-0.4, -0.2) is 34.1 Å². The van der Waals surface area contributed by atoms with Gasteiger partial charge in [-0.1, -0.05) is 91.0 Å². The Labute approximate surface area is 251 Å². The summed E-state index contributed by atoms with van der Waals surface area (Å²) in [5.74, 6) is 1.15. The normalized spacial score (nSPS) is 12.3. The molecule has 3 aromatic carbocycles. The lowest BCUT2D eigenvalue weighted by molar-refractivity contribution is 0.0957. The standard InChI is InChI=1S/C20H17N3O.C15H17NOS/c1-3-7-16(8-4-1)15-23-13-11-18(12-14-23)20-22-21-19(24-20)17-9-5-2-6-10-17;17-15(14-10-6-12-18-14)16-11-5-4-9-13-7-2-1-3-8-13/h1-13H,14-15H2;1-3,6-8,10,12H,4-5,9,11H2,(H,16,17). The van der Waals surface area contributed by atoms with E-state index in [0.717, 1.165) is 54.9 Å². The third-order valence-corrected chi connectivity index (χ3v) is 7.57. The quantitative estimate of drug-likeness (QED) is 0.174. The van der Waals surface area contributed by atoms with Gasteiger partial charge in [0.05, 0.1) is 4.88 Å². The second kappa shape index (κ2) is 15.3. The van der Waals surface area contributed by atoms with E-state index in [9.17, 15) is 4.79 Å². The Hall–Kier alpha value is -4.75. The predicted molar refractivity (Wildman–Crippen MR) is 170 cm³/mol. The number of benzene rings is 3. The molecule has 0 aliphatic carbocycles. The second-order valence-corrected chi connectivity index (χ2v) is 10.8. The van der Waals surface area contributed by atoms with E-state index in [1.54, 1.807) is 0 Å². The Bertz CT molecular complexity index is 1560. The highest BCUT2D eigenvalue weighted by molar-refractivity contribution is 7.12. The maximum Gasteiger partial charge on any atom is 0.261 e. The van der Waals surface area contributed by atoms with Gasteiger partial charge in [-0.05, 0) is 60.0 Å². The third kappa shape index (κ3) is 8.62. The lowest BCUT2D eigenvalue weighted by Crippen LogP contribution is -2.23. The van der Waals surface area contributed by atoms with Crippen LogP contribution in [0, 0.1) is 0 Å². The zero-order valence-electron chi connectivity index (χ0n) is 23.4. The zero-order chi connectivity index (χ0) is 28.8. The van der Waals surface area contributed by atoms with Gasteiger partial charge in [0.25, 0.3) is 5.91 Å². The maximum atomic E-state index is 11.6. The van der Waals surface area contributed by atoms with Gasteiger partial charge < -0.3 is 14.6 Å². The van der Waals surface area contributed by atoms with Crippen LogP contribution in [0.5, 0.6) is 0 Å². The molecule has 212 valence electrons. The predicted octanol–water partition coefficient (Wildman–Crippen LogP) is 7.65. The lowest BCUT2D eigenvalue weighted by Gasteiger charge is -2.21. The Morgan fingerprint density at radius 3 is 2.17 bits per heavy atom. The van der Waals surface area contributed by atoms with E-state index in [4.69, 9.17) is 4.42 Å². The van der Waals surface area contributed by atoms with Crippen molar-refractivity contribution in [1.29, 1.82) is 0 Å². The first-order valence-electron chi connectivity index (χ1n) is 14.2. The van der Waals surface area contributed by atoms with Crippen molar-refractivity contribution in [2.75, 3.05) is 13.1 Å². The molecule has 42 heavy (non-hydrogen) atoms. The van der Waals surface area contributed by atoms with Crippen LogP contribution in [0.3, 0.4) is 0 Å². The summed E-state index contributed by atoms with van der Waals surface area (Å²) in [4.78, 5) is 14.7. The average Bonchev–Trinajstić information content (AvgIpc) is 3.77. The van der Waals surface area contributed by atoms with E-state index in [0.29, 0.717) is 11.8 Å². The van der Waals surface area contributed by atoms with Gasteiger partial charge >= 0.3 is 0 Å². The largest absolute Gasteiger partial charge is 0.416 e. The lowest BCUT2D eigenvalue weighted by atomic mass is 10.1. The average molecular weight is 575 g/mol. The molecule has 3 heterocycles. The highest BCUT2D eigenvalue weighted by Crippen LogP contribution is 2.24. The van der Waals surface area contributed by atoms with Crippen molar-refractivity contribution in [1.82, 2.24) is 20.4 Å². The molecule has 7 heteroatoms. The molecule has 0 atom stereocenters. The van der Waals surface area contributed by atoms with Gasteiger partial charge in [0.15, 0.2) is 0 Å². The molecule has 5 aromatic rings. The van der Waals surface area contributed by atoms with Gasteiger partial charge in [0, 0.05) is 37.0 Å². The summed E-state index contributed by atoms with van der Waals surface area (Å²) in [6.45, 7) is 2.47. The summed E-state index contributed by atoms with van der Waals surface area (Å²) in [6, 6.07) is 34.4. The Kier molecular flexibility index (Phi) is 10.5. The zero-order valence-corrected chi connectivity index (χ0v) is 24.2. The van der Waals surface area contributed by atoms with E-state index in [1.165, 1.54) is 22.5 Å². The fraction of sp³-hybridized carbons (Fsp3) is 0.171. The van der Waals surface area contributed by atoms with Gasteiger partial charge in [-0.2, -0.15) is 0 Å². The fourth-order valence-corrected chi connectivity index (χ4v) is 5.10. The number of thiophene rings is 1. The van der Waals surface area contributed by atoms with Crippen LogP contribution >= 0.6 is 11.3 Å². The molecule has 2 aromatic heterocycles. The molecule has 0 radical (unpaired) electrons. The van der Waals surface area contributed by atoms with Crippen LogP contribution in [0.4, 0.5) is 0 Å². The number of aromatic nitrogens is 2. The maximum absolute atomic E-state index is 11.6. The van der Waals surface area contributed by atoms with Gasteiger partial charge in [-0.15, -0.1) is 21.5 Å².